The molecule has 2 heterocycles. The van der Waals surface area contributed by atoms with Crippen molar-refractivity contribution >= 4 is 31.3 Å². The molecule has 0 aliphatic rings. The monoisotopic (exact) mass is 434 g/mol. The van der Waals surface area contributed by atoms with Gasteiger partial charge in [-0.2, -0.15) is 4.98 Å². The molecule has 1 aromatic carbocycles. The maximum absolute atomic E-state index is 13.7. The summed E-state index contributed by atoms with van der Waals surface area (Å²) in [6.45, 7) is 8.25. The molecule has 0 bridgehead atoms. The van der Waals surface area contributed by atoms with Crippen LogP contribution in [0, 0.1) is 11.2 Å². The molecule has 0 fully saturated rings. The molecule has 154 valence electrons. The first-order valence-corrected chi connectivity index (χ1v) is 11.9. The number of rotatable bonds is 4. The molecule has 8 heteroatoms. The number of aromatic nitrogens is 2. The number of benzene rings is 1. The highest BCUT2D eigenvalue weighted by Gasteiger charge is 2.28. The quantitative estimate of drug-likeness (QED) is 0.589. The third kappa shape index (κ3) is 4.53. The van der Waals surface area contributed by atoms with Crippen LogP contribution >= 0.6 is 11.3 Å². The first-order chi connectivity index (χ1) is 13.4. The maximum atomic E-state index is 13.7. The molecule has 1 unspecified atom stereocenters. The van der Waals surface area contributed by atoms with Gasteiger partial charge in [0, 0.05) is 22.6 Å². The summed E-state index contributed by atoms with van der Waals surface area (Å²) >= 11 is 1.11. The summed E-state index contributed by atoms with van der Waals surface area (Å²) in [5.41, 5.74) is 0.310. The highest BCUT2D eigenvalue weighted by molar-refractivity contribution is 7.90. The standard InChI is InChI=1S/C21H23FN2O3S2/c1-6-15(21(2,3)4)16-10-13(29(5,26)27)11-17(23-16)20-24-19(25)14-8-7-12(22)9-18(14)28-20/h7-11,15H,6H2,1-5H3. The van der Waals surface area contributed by atoms with Gasteiger partial charge in [0.15, 0.2) is 9.84 Å². The van der Waals surface area contributed by atoms with E-state index in [1.807, 2.05) is 6.92 Å². The van der Waals surface area contributed by atoms with Crippen molar-refractivity contribution in [1.29, 1.82) is 0 Å². The van der Waals surface area contributed by atoms with Gasteiger partial charge in [-0.15, -0.1) is 11.3 Å². The summed E-state index contributed by atoms with van der Waals surface area (Å²) in [6, 6.07) is 6.92. The van der Waals surface area contributed by atoms with Crippen LogP contribution in [0.25, 0.3) is 20.8 Å². The Labute approximate surface area is 173 Å². The lowest BCUT2D eigenvalue weighted by molar-refractivity contribution is 0.307. The lowest BCUT2D eigenvalue weighted by Crippen LogP contribution is -2.20. The second-order valence-electron chi connectivity index (χ2n) is 8.18. The van der Waals surface area contributed by atoms with E-state index in [2.05, 4.69) is 30.7 Å². The molecule has 0 radical (unpaired) electrons. The number of hydrogen-bond acceptors (Lipinski definition) is 6. The molecule has 2 aromatic heterocycles. The van der Waals surface area contributed by atoms with Crippen molar-refractivity contribution in [3.63, 3.8) is 0 Å². The lowest BCUT2D eigenvalue weighted by atomic mass is 9.77. The van der Waals surface area contributed by atoms with E-state index in [9.17, 15) is 17.6 Å². The van der Waals surface area contributed by atoms with Crippen LogP contribution < -0.4 is 5.56 Å². The molecule has 0 N–H and O–H groups in total. The van der Waals surface area contributed by atoms with Gasteiger partial charge in [0.2, 0.25) is 0 Å². The summed E-state index contributed by atoms with van der Waals surface area (Å²) in [4.78, 5) is 21.3. The maximum Gasteiger partial charge on any atom is 0.279 e. The van der Waals surface area contributed by atoms with Crippen LogP contribution in [0.3, 0.4) is 0 Å². The summed E-state index contributed by atoms with van der Waals surface area (Å²) in [7, 11) is -3.50. The largest absolute Gasteiger partial charge is 0.279 e. The van der Waals surface area contributed by atoms with E-state index < -0.39 is 21.2 Å². The third-order valence-electron chi connectivity index (χ3n) is 4.86. The number of nitrogens with zero attached hydrogens (tertiary/aromatic N) is 2. The average Bonchev–Trinajstić information content (AvgIpc) is 2.59. The topological polar surface area (TPSA) is 77.0 Å². The van der Waals surface area contributed by atoms with Gasteiger partial charge >= 0.3 is 0 Å². The summed E-state index contributed by atoms with van der Waals surface area (Å²) in [6.07, 6.45) is 1.91. The van der Waals surface area contributed by atoms with Crippen LogP contribution in [0.15, 0.2) is 40.0 Å². The fourth-order valence-electron chi connectivity index (χ4n) is 3.44. The zero-order valence-electron chi connectivity index (χ0n) is 17.0. The number of hydrogen-bond donors (Lipinski definition) is 0. The Hall–Kier alpha value is -2.19. The van der Waals surface area contributed by atoms with Crippen molar-refractivity contribution in [2.45, 2.75) is 44.9 Å². The Morgan fingerprint density at radius 2 is 1.83 bits per heavy atom. The van der Waals surface area contributed by atoms with Crippen molar-refractivity contribution < 1.29 is 12.8 Å². The molecular weight excluding hydrogens is 411 g/mol. The van der Waals surface area contributed by atoms with Crippen LogP contribution in [0.1, 0.15) is 45.7 Å². The summed E-state index contributed by atoms with van der Waals surface area (Å²) < 4.78 is 38.7. The van der Waals surface area contributed by atoms with Gasteiger partial charge in [0.05, 0.1) is 10.3 Å². The van der Waals surface area contributed by atoms with Crippen molar-refractivity contribution in [2.24, 2.45) is 5.41 Å². The number of pyridine rings is 1. The Balaban J connectivity index is 2.30. The van der Waals surface area contributed by atoms with Crippen LogP contribution in [0.4, 0.5) is 4.39 Å². The zero-order valence-corrected chi connectivity index (χ0v) is 18.6. The first kappa shape index (κ1) is 21.5. The Morgan fingerprint density at radius 1 is 1.14 bits per heavy atom. The first-order valence-electron chi connectivity index (χ1n) is 9.23. The van der Waals surface area contributed by atoms with Gasteiger partial charge in [-0.05, 0) is 42.2 Å². The van der Waals surface area contributed by atoms with E-state index in [1.165, 1.54) is 24.3 Å². The summed E-state index contributed by atoms with van der Waals surface area (Å²) in [5.74, 6) is -0.444. The molecule has 0 saturated carbocycles. The molecule has 0 amide bonds. The smallest absolute Gasteiger partial charge is 0.267 e. The fourth-order valence-corrected chi connectivity index (χ4v) is 5.08. The van der Waals surface area contributed by atoms with Crippen LogP contribution in [-0.4, -0.2) is 24.6 Å². The molecule has 0 spiro atoms. The van der Waals surface area contributed by atoms with E-state index in [4.69, 9.17) is 0 Å². The predicted octanol–water partition coefficient (Wildman–Crippen LogP) is 4.80. The molecule has 0 saturated heterocycles. The lowest BCUT2D eigenvalue weighted by Gasteiger charge is -2.29. The molecule has 3 aromatic rings. The third-order valence-corrected chi connectivity index (χ3v) is 7.00. The molecule has 29 heavy (non-hydrogen) atoms. The van der Waals surface area contributed by atoms with E-state index in [0.29, 0.717) is 21.5 Å². The number of sulfone groups is 1. The van der Waals surface area contributed by atoms with Crippen LogP contribution in [0.2, 0.25) is 0 Å². The van der Waals surface area contributed by atoms with E-state index in [-0.39, 0.29) is 21.2 Å². The SMILES string of the molecule is CCC(c1cc(S(C)(=O)=O)cc(-c2nc(=O)c3ccc(F)cc3s2)n1)C(C)(C)C. The average molecular weight is 435 g/mol. The Morgan fingerprint density at radius 3 is 2.41 bits per heavy atom. The van der Waals surface area contributed by atoms with E-state index >= 15 is 0 Å². The van der Waals surface area contributed by atoms with Gasteiger partial charge in [-0.1, -0.05) is 27.7 Å². The minimum absolute atomic E-state index is 0.0116. The van der Waals surface area contributed by atoms with Crippen molar-refractivity contribution in [2.75, 3.05) is 6.26 Å². The van der Waals surface area contributed by atoms with Gasteiger partial charge in [0.1, 0.15) is 16.5 Å². The molecule has 0 aliphatic heterocycles. The zero-order chi connectivity index (χ0) is 21.6. The van der Waals surface area contributed by atoms with Gasteiger partial charge in [-0.3, -0.25) is 4.79 Å². The molecule has 1 atom stereocenters. The van der Waals surface area contributed by atoms with Crippen molar-refractivity contribution in [1.82, 2.24) is 9.97 Å². The van der Waals surface area contributed by atoms with Gasteiger partial charge in [0.25, 0.3) is 5.56 Å². The van der Waals surface area contributed by atoms with Gasteiger partial charge < -0.3 is 0 Å². The van der Waals surface area contributed by atoms with Crippen molar-refractivity contribution in [3.05, 3.63) is 52.2 Å². The highest BCUT2D eigenvalue weighted by atomic mass is 32.2. The Bertz CT molecular complexity index is 1240. The second kappa shape index (κ2) is 7.57. The van der Waals surface area contributed by atoms with Crippen LogP contribution in [-0.2, 0) is 9.84 Å². The van der Waals surface area contributed by atoms with Crippen LogP contribution in [0.5, 0.6) is 0 Å². The number of fused-ring (bicyclic) bond motifs is 1. The Kier molecular flexibility index (Phi) is 5.62. The molecule has 5 nitrogen and oxygen atoms in total. The van der Waals surface area contributed by atoms with Gasteiger partial charge in [-0.25, -0.2) is 17.8 Å². The summed E-state index contributed by atoms with van der Waals surface area (Å²) in [5, 5.41) is 0.587. The second-order valence-corrected chi connectivity index (χ2v) is 11.2. The highest BCUT2D eigenvalue weighted by Crippen LogP contribution is 2.38. The predicted molar refractivity (Wildman–Crippen MR) is 115 cm³/mol. The minimum Gasteiger partial charge on any atom is -0.267 e. The van der Waals surface area contributed by atoms with E-state index in [0.717, 1.165) is 24.0 Å². The number of halogens is 1. The molecular formula is C21H23FN2O3S2. The molecule has 0 aliphatic carbocycles. The normalized spacial score (nSPS) is 13.6. The van der Waals surface area contributed by atoms with Crippen molar-refractivity contribution in [3.8, 4) is 10.7 Å². The van der Waals surface area contributed by atoms with E-state index in [1.54, 1.807) is 6.07 Å². The molecule has 3 rings (SSSR count). The minimum atomic E-state index is -3.50. The fraction of sp³-hybridized carbons (Fsp3) is 0.381.